The predicted octanol–water partition coefficient (Wildman–Crippen LogP) is 4.55. The Morgan fingerprint density at radius 2 is 2.00 bits per heavy atom. The summed E-state index contributed by atoms with van der Waals surface area (Å²) in [5, 5.41) is 6.53. The molecule has 0 unspecified atom stereocenters. The van der Waals surface area contributed by atoms with Crippen LogP contribution in [0.25, 0.3) is 0 Å². The zero-order valence-corrected chi connectivity index (χ0v) is 13.1. The van der Waals surface area contributed by atoms with E-state index in [-0.39, 0.29) is 15.8 Å². The second-order valence-corrected chi connectivity index (χ2v) is 5.84. The minimum Gasteiger partial charge on any atom is -0.331 e. The van der Waals surface area contributed by atoms with Gasteiger partial charge in [0.25, 0.3) is 5.91 Å². The minimum atomic E-state index is -4.48. The molecule has 0 saturated carbocycles. The summed E-state index contributed by atoms with van der Waals surface area (Å²) in [5.41, 5.74) is -0.692. The molecule has 3 nitrogen and oxygen atoms in total. The number of hydrogen-bond donors (Lipinski definition) is 2. The quantitative estimate of drug-likeness (QED) is 0.768. The van der Waals surface area contributed by atoms with Crippen LogP contribution >= 0.6 is 35.2 Å². The van der Waals surface area contributed by atoms with Gasteiger partial charge in [0, 0.05) is 0 Å². The highest BCUT2D eigenvalue weighted by molar-refractivity contribution is 7.80. The van der Waals surface area contributed by atoms with Crippen LogP contribution in [0.2, 0.25) is 5.02 Å². The molecule has 0 aliphatic carbocycles. The van der Waals surface area contributed by atoms with Crippen molar-refractivity contribution in [1.82, 2.24) is 5.32 Å². The zero-order chi connectivity index (χ0) is 16.3. The summed E-state index contributed by atoms with van der Waals surface area (Å²) in [7, 11) is 0. The van der Waals surface area contributed by atoms with E-state index in [2.05, 4.69) is 10.6 Å². The zero-order valence-electron chi connectivity index (χ0n) is 10.7. The van der Waals surface area contributed by atoms with Gasteiger partial charge in [-0.15, -0.1) is 11.3 Å². The molecule has 22 heavy (non-hydrogen) atoms. The van der Waals surface area contributed by atoms with Crippen LogP contribution in [-0.4, -0.2) is 11.0 Å². The molecule has 0 spiro atoms. The van der Waals surface area contributed by atoms with Gasteiger partial charge in [0.2, 0.25) is 0 Å². The molecule has 1 aromatic carbocycles. The van der Waals surface area contributed by atoms with Gasteiger partial charge < -0.3 is 5.32 Å². The largest absolute Gasteiger partial charge is 0.416 e. The van der Waals surface area contributed by atoms with Crippen molar-refractivity contribution in [1.29, 1.82) is 0 Å². The lowest BCUT2D eigenvalue weighted by atomic mass is 10.2. The number of benzene rings is 1. The summed E-state index contributed by atoms with van der Waals surface area (Å²) < 4.78 is 37.6. The topological polar surface area (TPSA) is 41.1 Å². The number of halogens is 4. The maximum atomic E-state index is 12.5. The van der Waals surface area contributed by atoms with Crippen LogP contribution in [0.3, 0.4) is 0 Å². The first kappa shape index (κ1) is 16.7. The lowest BCUT2D eigenvalue weighted by Crippen LogP contribution is -2.33. The van der Waals surface area contributed by atoms with Crippen molar-refractivity contribution in [3.63, 3.8) is 0 Å². The number of anilines is 1. The summed E-state index contributed by atoms with van der Waals surface area (Å²) in [6, 6.07) is 6.14. The Bertz CT molecular complexity index is 702. The Morgan fingerprint density at radius 3 is 2.55 bits per heavy atom. The molecular weight excluding hydrogens is 357 g/mol. The Labute approximate surface area is 138 Å². The first-order valence-corrected chi connectivity index (χ1v) is 7.46. The molecule has 0 fully saturated rings. The number of amides is 1. The van der Waals surface area contributed by atoms with Crippen molar-refractivity contribution in [3.05, 3.63) is 51.2 Å². The molecule has 9 heteroatoms. The first-order chi connectivity index (χ1) is 10.3. The van der Waals surface area contributed by atoms with Crippen molar-refractivity contribution in [2.45, 2.75) is 6.18 Å². The highest BCUT2D eigenvalue weighted by atomic mass is 35.5. The molecule has 0 aliphatic rings. The van der Waals surface area contributed by atoms with Crippen LogP contribution in [0.4, 0.5) is 18.9 Å². The number of alkyl halides is 3. The second-order valence-electron chi connectivity index (χ2n) is 4.08. The average Bonchev–Trinajstić information content (AvgIpc) is 2.93. The molecular formula is C13H8ClF3N2OS2. The monoisotopic (exact) mass is 364 g/mol. The van der Waals surface area contributed by atoms with E-state index in [1.165, 1.54) is 11.3 Å². The van der Waals surface area contributed by atoms with Crippen molar-refractivity contribution in [2.75, 3.05) is 5.32 Å². The molecule has 2 N–H and O–H groups in total. The van der Waals surface area contributed by atoms with Gasteiger partial charge in [0.1, 0.15) is 0 Å². The molecule has 0 bridgehead atoms. The van der Waals surface area contributed by atoms with E-state index < -0.39 is 17.6 Å². The van der Waals surface area contributed by atoms with Gasteiger partial charge in [0.05, 0.1) is 21.2 Å². The Morgan fingerprint density at radius 1 is 1.27 bits per heavy atom. The normalized spacial score (nSPS) is 11.1. The standard InChI is InChI=1S/C13H8ClF3N2OS2/c14-8-6-7(13(15,16)17)3-4-9(8)18-12(21)19-11(20)10-2-1-5-22-10/h1-6H,(H2,18,19,20,21). The summed E-state index contributed by atoms with van der Waals surface area (Å²) in [5.74, 6) is -0.407. The molecule has 0 atom stereocenters. The molecule has 1 aromatic heterocycles. The minimum absolute atomic E-state index is 0.0555. The van der Waals surface area contributed by atoms with Crippen molar-refractivity contribution < 1.29 is 18.0 Å². The number of carbonyl (C=O) groups is 1. The van der Waals surface area contributed by atoms with E-state index in [0.717, 1.165) is 18.2 Å². The van der Waals surface area contributed by atoms with E-state index >= 15 is 0 Å². The molecule has 1 amide bonds. The lowest BCUT2D eigenvalue weighted by Gasteiger charge is -2.12. The van der Waals surface area contributed by atoms with Crippen LogP contribution in [-0.2, 0) is 6.18 Å². The van der Waals surface area contributed by atoms with Crippen LogP contribution in [0.5, 0.6) is 0 Å². The Hall–Kier alpha value is -1.64. The van der Waals surface area contributed by atoms with Crippen molar-refractivity contribution >= 4 is 51.9 Å². The van der Waals surface area contributed by atoms with E-state index in [9.17, 15) is 18.0 Å². The molecule has 2 rings (SSSR count). The molecule has 1 heterocycles. The number of nitrogens with one attached hydrogen (secondary N) is 2. The van der Waals surface area contributed by atoms with Gasteiger partial charge in [-0.2, -0.15) is 13.2 Å². The number of carbonyl (C=O) groups excluding carboxylic acids is 1. The van der Waals surface area contributed by atoms with Crippen LogP contribution in [0.1, 0.15) is 15.2 Å². The van der Waals surface area contributed by atoms with Crippen molar-refractivity contribution in [2.24, 2.45) is 0 Å². The van der Waals surface area contributed by atoms with E-state index in [4.69, 9.17) is 23.8 Å². The van der Waals surface area contributed by atoms with Crippen LogP contribution in [0.15, 0.2) is 35.7 Å². The Kier molecular flexibility index (Phi) is 5.05. The van der Waals surface area contributed by atoms with Crippen LogP contribution in [0, 0.1) is 0 Å². The van der Waals surface area contributed by atoms with E-state index in [1.807, 2.05) is 0 Å². The third kappa shape index (κ3) is 4.19. The predicted molar refractivity (Wildman–Crippen MR) is 84.5 cm³/mol. The highest BCUT2D eigenvalue weighted by Gasteiger charge is 2.30. The van der Waals surface area contributed by atoms with Gasteiger partial charge >= 0.3 is 6.18 Å². The third-order valence-electron chi connectivity index (χ3n) is 2.52. The maximum absolute atomic E-state index is 12.5. The fraction of sp³-hybridized carbons (Fsp3) is 0.0769. The molecule has 2 aromatic rings. The smallest absolute Gasteiger partial charge is 0.331 e. The fourth-order valence-electron chi connectivity index (χ4n) is 1.52. The van der Waals surface area contributed by atoms with Gasteiger partial charge in [-0.1, -0.05) is 17.7 Å². The van der Waals surface area contributed by atoms with E-state index in [0.29, 0.717) is 4.88 Å². The van der Waals surface area contributed by atoms with Crippen molar-refractivity contribution in [3.8, 4) is 0 Å². The highest BCUT2D eigenvalue weighted by Crippen LogP contribution is 2.33. The summed E-state index contributed by atoms with van der Waals surface area (Å²) in [6.45, 7) is 0. The first-order valence-electron chi connectivity index (χ1n) is 5.80. The maximum Gasteiger partial charge on any atom is 0.416 e. The Balaban J connectivity index is 2.04. The van der Waals surface area contributed by atoms with Gasteiger partial charge in [-0.05, 0) is 41.9 Å². The number of rotatable bonds is 2. The fourth-order valence-corrected chi connectivity index (χ4v) is 2.57. The number of hydrogen-bond acceptors (Lipinski definition) is 3. The van der Waals surface area contributed by atoms with Crippen LogP contribution < -0.4 is 10.6 Å². The van der Waals surface area contributed by atoms with E-state index in [1.54, 1.807) is 17.5 Å². The second kappa shape index (κ2) is 6.64. The third-order valence-corrected chi connectivity index (χ3v) is 3.90. The molecule has 116 valence electrons. The SMILES string of the molecule is O=C(NC(=S)Nc1ccc(C(F)(F)F)cc1Cl)c1cccs1. The number of thiophene rings is 1. The van der Waals surface area contributed by atoms with Gasteiger partial charge in [-0.25, -0.2) is 0 Å². The lowest BCUT2D eigenvalue weighted by molar-refractivity contribution is -0.137. The average molecular weight is 365 g/mol. The number of thiocarbonyl (C=S) groups is 1. The summed E-state index contributed by atoms with van der Waals surface area (Å²) in [4.78, 5) is 12.2. The summed E-state index contributed by atoms with van der Waals surface area (Å²) >= 11 is 12.0. The van der Waals surface area contributed by atoms with Gasteiger partial charge in [0.15, 0.2) is 5.11 Å². The summed E-state index contributed by atoms with van der Waals surface area (Å²) in [6.07, 6.45) is -4.48. The molecule has 0 saturated heterocycles. The van der Waals surface area contributed by atoms with Gasteiger partial charge in [-0.3, -0.25) is 10.1 Å². The molecule has 0 aliphatic heterocycles. The molecule has 0 radical (unpaired) electrons.